The number of aldehydes is 1. The van der Waals surface area contributed by atoms with Gasteiger partial charge in [-0.1, -0.05) is 32.0 Å². The standard InChI is InChI=1S/C14H15NO/c1-14(2)11-5-3-4-10-6-8-15(13(10)11)12(14)7-9-16/h3-5,7,9H,6,8H2,1-2H3. The molecule has 0 aromatic heterocycles. The molecule has 0 amide bonds. The number of anilines is 1. The van der Waals surface area contributed by atoms with Crippen molar-refractivity contribution in [1.82, 2.24) is 0 Å². The molecule has 0 fully saturated rings. The van der Waals surface area contributed by atoms with E-state index in [1.807, 2.05) is 0 Å². The Labute approximate surface area is 95.6 Å². The molecule has 16 heavy (non-hydrogen) atoms. The van der Waals surface area contributed by atoms with E-state index in [9.17, 15) is 4.79 Å². The molecule has 1 aromatic carbocycles. The van der Waals surface area contributed by atoms with Crippen LogP contribution in [0.5, 0.6) is 0 Å². The number of carbonyl (C=O) groups excluding carboxylic acids is 1. The fraction of sp³-hybridized carbons (Fsp3) is 0.357. The highest BCUT2D eigenvalue weighted by atomic mass is 16.1. The summed E-state index contributed by atoms with van der Waals surface area (Å²) in [4.78, 5) is 13.1. The molecule has 0 spiro atoms. The number of para-hydroxylation sites is 1. The minimum atomic E-state index is -0.0350. The van der Waals surface area contributed by atoms with E-state index in [1.54, 1.807) is 6.08 Å². The zero-order chi connectivity index (χ0) is 11.3. The van der Waals surface area contributed by atoms with Crippen LogP contribution in [0, 0.1) is 0 Å². The van der Waals surface area contributed by atoms with Crippen molar-refractivity contribution in [3.63, 3.8) is 0 Å². The molecule has 2 aliphatic rings. The maximum atomic E-state index is 10.8. The van der Waals surface area contributed by atoms with Gasteiger partial charge in [0.1, 0.15) is 6.29 Å². The summed E-state index contributed by atoms with van der Waals surface area (Å²) >= 11 is 0. The summed E-state index contributed by atoms with van der Waals surface area (Å²) in [5.74, 6) is 0. The van der Waals surface area contributed by atoms with Crippen molar-refractivity contribution in [3.05, 3.63) is 41.1 Å². The lowest BCUT2D eigenvalue weighted by molar-refractivity contribution is -0.104. The topological polar surface area (TPSA) is 20.3 Å². The van der Waals surface area contributed by atoms with E-state index in [1.165, 1.54) is 16.8 Å². The van der Waals surface area contributed by atoms with E-state index in [-0.39, 0.29) is 5.41 Å². The van der Waals surface area contributed by atoms with Crippen molar-refractivity contribution in [2.24, 2.45) is 0 Å². The van der Waals surface area contributed by atoms with Gasteiger partial charge in [-0.3, -0.25) is 4.79 Å². The molecule has 82 valence electrons. The van der Waals surface area contributed by atoms with Gasteiger partial charge in [-0.05, 0) is 23.6 Å². The van der Waals surface area contributed by atoms with E-state index in [4.69, 9.17) is 0 Å². The lowest BCUT2D eigenvalue weighted by Gasteiger charge is -2.24. The van der Waals surface area contributed by atoms with E-state index in [2.05, 4.69) is 36.9 Å². The summed E-state index contributed by atoms with van der Waals surface area (Å²) in [5, 5.41) is 0. The van der Waals surface area contributed by atoms with Gasteiger partial charge in [-0.2, -0.15) is 0 Å². The Morgan fingerprint density at radius 3 is 2.94 bits per heavy atom. The number of rotatable bonds is 1. The van der Waals surface area contributed by atoms with E-state index >= 15 is 0 Å². The third-order valence-corrected chi connectivity index (χ3v) is 3.82. The predicted octanol–water partition coefficient (Wildman–Crippen LogP) is 2.42. The number of allylic oxidation sites excluding steroid dienone is 2. The number of hydrogen-bond acceptors (Lipinski definition) is 2. The van der Waals surface area contributed by atoms with Gasteiger partial charge in [0.25, 0.3) is 0 Å². The van der Waals surface area contributed by atoms with Crippen LogP contribution in [0.4, 0.5) is 5.69 Å². The SMILES string of the molecule is CC1(C)C(=CC=O)N2CCc3cccc1c32. The minimum Gasteiger partial charge on any atom is -0.343 e. The Morgan fingerprint density at radius 1 is 1.38 bits per heavy atom. The molecule has 1 aromatic rings. The first-order valence-corrected chi connectivity index (χ1v) is 5.72. The first-order chi connectivity index (χ1) is 7.66. The second-order valence-corrected chi connectivity index (χ2v) is 5.03. The van der Waals surface area contributed by atoms with Gasteiger partial charge in [0.2, 0.25) is 0 Å². The Kier molecular flexibility index (Phi) is 1.79. The molecule has 2 heterocycles. The fourth-order valence-electron chi connectivity index (χ4n) is 3.04. The highest BCUT2D eigenvalue weighted by molar-refractivity contribution is 5.80. The van der Waals surface area contributed by atoms with Crippen molar-refractivity contribution in [2.45, 2.75) is 25.7 Å². The fourth-order valence-corrected chi connectivity index (χ4v) is 3.04. The third kappa shape index (κ3) is 0.993. The normalized spacial score (nSPS) is 22.6. The zero-order valence-electron chi connectivity index (χ0n) is 9.66. The van der Waals surface area contributed by atoms with Gasteiger partial charge in [0, 0.05) is 23.3 Å². The van der Waals surface area contributed by atoms with Crippen molar-refractivity contribution in [2.75, 3.05) is 11.4 Å². The molecule has 0 atom stereocenters. The minimum absolute atomic E-state index is 0.0350. The van der Waals surface area contributed by atoms with Crippen molar-refractivity contribution in [1.29, 1.82) is 0 Å². The van der Waals surface area contributed by atoms with Crippen LogP contribution in [0.15, 0.2) is 30.0 Å². The van der Waals surface area contributed by atoms with E-state index < -0.39 is 0 Å². The van der Waals surface area contributed by atoms with Gasteiger partial charge >= 0.3 is 0 Å². The molecule has 2 aliphatic heterocycles. The number of carbonyl (C=O) groups is 1. The largest absolute Gasteiger partial charge is 0.343 e. The van der Waals surface area contributed by atoms with Crippen LogP contribution in [0.3, 0.4) is 0 Å². The van der Waals surface area contributed by atoms with Crippen LogP contribution < -0.4 is 4.90 Å². The number of hydrogen-bond donors (Lipinski definition) is 0. The van der Waals surface area contributed by atoms with Crippen molar-refractivity contribution >= 4 is 12.0 Å². The van der Waals surface area contributed by atoms with Crippen LogP contribution in [0.1, 0.15) is 25.0 Å². The Hall–Kier alpha value is -1.57. The first-order valence-electron chi connectivity index (χ1n) is 5.72. The molecule has 0 saturated heterocycles. The molecule has 0 unspecified atom stereocenters. The maximum Gasteiger partial charge on any atom is 0.144 e. The smallest absolute Gasteiger partial charge is 0.144 e. The van der Waals surface area contributed by atoms with Gasteiger partial charge in [0.05, 0.1) is 0 Å². The summed E-state index contributed by atoms with van der Waals surface area (Å²) in [6.45, 7) is 5.39. The molecule has 0 saturated carbocycles. The van der Waals surface area contributed by atoms with Crippen LogP contribution in [-0.4, -0.2) is 12.8 Å². The Balaban J connectivity index is 2.29. The molecule has 0 bridgehead atoms. The first kappa shape index (κ1) is 9.64. The lowest BCUT2D eigenvalue weighted by atomic mass is 9.82. The number of nitrogens with zero attached hydrogens (tertiary/aromatic N) is 1. The average Bonchev–Trinajstić information content (AvgIpc) is 2.76. The number of benzene rings is 1. The molecule has 0 radical (unpaired) electrons. The summed E-state index contributed by atoms with van der Waals surface area (Å²) < 4.78 is 0. The van der Waals surface area contributed by atoms with Crippen LogP contribution >= 0.6 is 0 Å². The molecule has 2 heteroatoms. The molecular weight excluding hydrogens is 198 g/mol. The lowest BCUT2D eigenvalue weighted by Crippen LogP contribution is -2.26. The second-order valence-electron chi connectivity index (χ2n) is 5.03. The van der Waals surface area contributed by atoms with Crippen LogP contribution in [0.2, 0.25) is 0 Å². The summed E-state index contributed by atoms with van der Waals surface area (Å²) in [5.41, 5.74) is 5.23. The van der Waals surface area contributed by atoms with E-state index in [0.29, 0.717) is 0 Å². The predicted molar refractivity (Wildman–Crippen MR) is 64.7 cm³/mol. The summed E-state index contributed by atoms with van der Waals surface area (Å²) in [7, 11) is 0. The highest BCUT2D eigenvalue weighted by Gasteiger charge is 2.43. The molecular formula is C14H15NO. The third-order valence-electron chi connectivity index (χ3n) is 3.82. The molecule has 2 nitrogen and oxygen atoms in total. The second kappa shape index (κ2) is 2.97. The molecule has 3 rings (SSSR count). The van der Waals surface area contributed by atoms with Gasteiger partial charge in [0.15, 0.2) is 0 Å². The van der Waals surface area contributed by atoms with Crippen LogP contribution in [0.25, 0.3) is 0 Å². The average molecular weight is 213 g/mol. The monoisotopic (exact) mass is 213 g/mol. The van der Waals surface area contributed by atoms with Gasteiger partial charge < -0.3 is 4.90 Å². The maximum absolute atomic E-state index is 10.8. The quantitative estimate of drug-likeness (QED) is 0.527. The Morgan fingerprint density at radius 2 is 2.19 bits per heavy atom. The summed E-state index contributed by atoms with van der Waals surface area (Å²) in [6, 6.07) is 6.50. The molecule has 0 N–H and O–H groups in total. The molecule has 0 aliphatic carbocycles. The van der Waals surface area contributed by atoms with Crippen LogP contribution in [-0.2, 0) is 16.6 Å². The van der Waals surface area contributed by atoms with E-state index in [0.717, 1.165) is 24.9 Å². The van der Waals surface area contributed by atoms with Crippen molar-refractivity contribution in [3.8, 4) is 0 Å². The zero-order valence-corrected chi connectivity index (χ0v) is 9.66. The highest BCUT2D eigenvalue weighted by Crippen LogP contribution is 2.51. The van der Waals surface area contributed by atoms with Crippen molar-refractivity contribution < 1.29 is 4.79 Å². The summed E-state index contributed by atoms with van der Waals surface area (Å²) in [6.07, 6.45) is 3.71. The Bertz CT molecular complexity index is 499. The van der Waals surface area contributed by atoms with Gasteiger partial charge in [-0.15, -0.1) is 0 Å². The van der Waals surface area contributed by atoms with Gasteiger partial charge in [-0.25, -0.2) is 0 Å².